The second-order valence-corrected chi connectivity index (χ2v) is 6.98. The van der Waals surface area contributed by atoms with Gasteiger partial charge in [0.05, 0.1) is 22.6 Å². The fraction of sp³-hybridized carbons (Fsp3) is 0.381. The minimum atomic E-state index is -4.43. The zero-order valence-corrected chi connectivity index (χ0v) is 16.5. The second kappa shape index (κ2) is 10.9. The van der Waals surface area contributed by atoms with E-state index in [4.69, 9.17) is 5.73 Å². The van der Waals surface area contributed by atoms with Crippen LogP contribution in [0.3, 0.4) is 0 Å². The third-order valence-corrected chi connectivity index (χ3v) is 4.56. The number of nitrogens with one attached hydrogen (secondary N) is 2. The molecule has 0 bridgehead atoms. The molecule has 31 heavy (non-hydrogen) atoms. The minimum Gasteiger partial charge on any atom is -0.395 e. The van der Waals surface area contributed by atoms with Gasteiger partial charge >= 0.3 is 6.18 Å². The van der Waals surface area contributed by atoms with Crippen LogP contribution in [0.25, 0.3) is 0 Å². The summed E-state index contributed by atoms with van der Waals surface area (Å²) in [5.41, 5.74) is 5.25. The topological polar surface area (TPSA) is 67.1 Å². The van der Waals surface area contributed by atoms with E-state index in [0.717, 1.165) is 12.1 Å². The summed E-state index contributed by atoms with van der Waals surface area (Å²) in [4.78, 5) is 11.9. The van der Waals surface area contributed by atoms with E-state index in [9.17, 15) is 31.1 Å². The smallest absolute Gasteiger partial charge is 0.395 e. The maximum Gasteiger partial charge on any atom is 0.416 e. The Balaban J connectivity index is 1.90. The molecular formula is C21H23F6N3O. The van der Waals surface area contributed by atoms with Crippen LogP contribution in [-0.4, -0.2) is 18.8 Å². The Morgan fingerprint density at radius 2 is 1.68 bits per heavy atom. The van der Waals surface area contributed by atoms with Crippen LogP contribution in [0.15, 0.2) is 36.4 Å². The SMILES string of the molecule is Nc1c(NC(=O)CCCC[C@@H](F)CF)ccc(NCc2ccc(C(F)(F)F)cc2)c1F. The van der Waals surface area contributed by atoms with E-state index >= 15 is 0 Å². The molecule has 0 heterocycles. The molecule has 4 N–H and O–H groups in total. The first-order valence-corrected chi connectivity index (χ1v) is 9.59. The fourth-order valence-corrected chi connectivity index (χ4v) is 2.79. The molecule has 10 heteroatoms. The number of hydrogen-bond acceptors (Lipinski definition) is 3. The number of anilines is 3. The van der Waals surface area contributed by atoms with Crippen LogP contribution in [0.2, 0.25) is 0 Å². The molecule has 2 aromatic carbocycles. The van der Waals surface area contributed by atoms with Gasteiger partial charge in [0.1, 0.15) is 12.8 Å². The van der Waals surface area contributed by atoms with Crippen LogP contribution in [0.5, 0.6) is 0 Å². The number of benzene rings is 2. The van der Waals surface area contributed by atoms with E-state index < -0.39 is 36.3 Å². The van der Waals surface area contributed by atoms with Crippen molar-refractivity contribution in [1.82, 2.24) is 0 Å². The van der Waals surface area contributed by atoms with Crippen molar-refractivity contribution in [2.45, 2.75) is 44.6 Å². The van der Waals surface area contributed by atoms with Crippen molar-refractivity contribution in [2.75, 3.05) is 23.0 Å². The monoisotopic (exact) mass is 447 g/mol. The van der Waals surface area contributed by atoms with Crippen molar-refractivity contribution < 1.29 is 31.1 Å². The van der Waals surface area contributed by atoms with Crippen molar-refractivity contribution in [2.24, 2.45) is 0 Å². The number of carbonyl (C=O) groups excluding carboxylic acids is 1. The molecule has 0 aromatic heterocycles. The summed E-state index contributed by atoms with van der Waals surface area (Å²) in [5.74, 6) is -1.25. The normalized spacial score (nSPS) is 12.5. The Morgan fingerprint density at radius 1 is 1.03 bits per heavy atom. The maximum absolute atomic E-state index is 14.5. The highest BCUT2D eigenvalue weighted by Gasteiger charge is 2.29. The van der Waals surface area contributed by atoms with E-state index in [1.807, 2.05) is 0 Å². The molecule has 0 spiro atoms. The number of halogens is 6. The number of amides is 1. The Morgan fingerprint density at radius 3 is 2.29 bits per heavy atom. The molecule has 0 unspecified atom stereocenters. The summed E-state index contributed by atoms with van der Waals surface area (Å²) in [6, 6.07) is 7.18. The van der Waals surface area contributed by atoms with Crippen LogP contribution in [-0.2, 0) is 17.5 Å². The van der Waals surface area contributed by atoms with Gasteiger partial charge in [-0.25, -0.2) is 13.2 Å². The van der Waals surface area contributed by atoms with E-state index in [2.05, 4.69) is 10.6 Å². The largest absolute Gasteiger partial charge is 0.416 e. The highest BCUT2D eigenvalue weighted by Crippen LogP contribution is 2.30. The molecule has 2 aromatic rings. The van der Waals surface area contributed by atoms with E-state index in [-0.39, 0.29) is 36.4 Å². The highest BCUT2D eigenvalue weighted by molar-refractivity contribution is 5.94. The molecule has 2 rings (SSSR count). The van der Waals surface area contributed by atoms with Crippen molar-refractivity contribution in [3.05, 3.63) is 53.3 Å². The predicted octanol–water partition coefficient (Wildman–Crippen LogP) is 5.85. The molecule has 0 aliphatic carbocycles. The zero-order valence-electron chi connectivity index (χ0n) is 16.5. The number of nitrogens with two attached hydrogens (primary N) is 1. The number of carbonyl (C=O) groups is 1. The summed E-state index contributed by atoms with van der Waals surface area (Å²) in [6.07, 6.45) is -5.20. The number of rotatable bonds is 10. The number of alkyl halides is 5. The quantitative estimate of drug-likeness (QED) is 0.243. The van der Waals surface area contributed by atoms with Crippen LogP contribution in [0.1, 0.15) is 36.8 Å². The standard InChI is InChI=1S/C21H23F6N3O/c22-11-15(23)3-1-2-4-18(31)30-17-10-9-16(19(24)20(17)28)29-12-13-5-7-14(8-6-13)21(25,26)27/h5-10,15,29H,1-4,11-12,28H2,(H,30,31)/t15-/m1/s1. The molecule has 0 fully saturated rings. The molecule has 0 radical (unpaired) electrons. The zero-order chi connectivity index (χ0) is 23.0. The van der Waals surface area contributed by atoms with E-state index in [0.29, 0.717) is 18.4 Å². The Labute approximate surface area is 175 Å². The molecule has 1 amide bonds. The molecule has 0 aliphatic rings. The summed E-state index contributed by atoms with van der Waals surface area (Å²) in [6.45, 7) is -0.990. The van der Waals surface area contributed by atoms with Gasteiger partial charge in [0, 0.05) is 13.0 Å². The van der Waals surface area contributed by atoms with Gasteiger partial charge in [0.25, 0.3) is 0 Å². The van der Waals surface area contributed by atoms with Crippen molar-refractivity contribution in [3.63, 3.8) is 0 Å². The summed E-state index contributed by atoms with van der Waals surface area (Å²) in [5, 5.41) is 5.22. The average molecular weight is 447 g/mol. The molecule has 0 saturated carbocycles. The second-order valence-electron chi connectivity index (χ2n) is 6.98. The maximum atomic E-state index is 14.5. The molecule has 0 saturated heterocycles. The Hall–Kier alpha value is -2.91. The van der Waals surface area contributed by atoms with Gasteiger partial charge in [0.15, 0.2) is 5.82 Å². The third kappa shape index (κ3) is 7.37. The lowest BCUT2D eigenvalue weighted by atomic mass is 10.1. The van der Waals surface area contributed by atoms with Crippen molar-refractivity contribution >= 4 is 23.0 Å². The lowest BCUT2D eigenvalue weighted by molar-refractivity contribution is -0.137. The predicted molar refractivity (Wildman–Crippen MR) is 108 cm³/mol. The highest BCUT2D eigenvalue weighted by atomic mass is 19.4. The Kier molecular flexibility index (Phi) is 8.58. The van der Waals surface area contributed by atoms with Crippen molar-refractivity contribution in [3.8, 4) is 0 Å². The van der Waals surface area contributed by atoms with Gasteiger partial charge in [0.2, 0.25) is 5.91 Å². The number of nitrogen functional groups attached to an aromatic ring is 1. The van der Waals surface area contributed by atoms with Gasteiger partial charge in [-0.1, -0.05) is 12.1 Å². The van der Waals surface area contributed by atoms with Crippen LogP contribution >= 0.6 is 0 Å². The van der Waals surface area contributed by atoms with E-state index in [1.165, 1.54) is 24.3 Å². The average Bonchev–Trinajstić information content (AvgIpc) is 2.73. The fourth-order valence-electron chi connectivity index (χ4n) is 2.79. The van der Waals surface area contributed by atoms with Gasteiger partial charge in [-0.15, -0.1) is 0 Å². The first-order chi connectivity index (χ1) is 14.6. The van der Waals surface area contributed by atoms with Gasteiger partial charge < -0.3 is 16.4 Å². The lowest BCUT2D eigenvalue weighted by Crippen LogP contribution is -2.14. The van der Waals surface area contributed by atoms with E-state index in [1.54, 1.807) is 0 Å². The summed E-state index contributed by atoms with van der Waals surface area (Å²) < 4.78 is 77.1. The number of unbranched alkanes of at least 4 members (excludes halogenated alkanes) is 1. The first kappa shape index (κ1) is 24.4. The first-order valence-electron chi connectivity index (χ1n) is 9.59. The van der Waals surface area contributed by atoms with Crippen LogP contribution < -0.4 is 16.4 Å². The molecule has 1 atom stereocenters. The van der Waals surface area contributed by atoms with Gasteiger partial charge in [-0.2, -0.15) is 13.2 Å². The molecule has 170 valence electrons. The molecule has 0 aliphatic heterocycles. The van der Waals surface area contributed by atoms with Crippen LogP contribution in [0, 0.1) is 5.82 Å². The third-order valence-electron chi connectivity index (χ3n) is 4.56. The number of hydrogen-bond donors (Lipinski definition) is 3. The van der Waals surface area contributed by atoms with Gasteiger partial charge in [-0.3, -0.25) is 4.79 Å². The van der Waals surface area contributed by atoms with Crippen molar-refractivity contribution in [1.29, 1.82) is 0 Å². The molecular weight excluding hydrogens is 424 g/mol. The minimum absolute atomic E-state index is 0.0237. The molecule has 4 nitrogen and oxygen atoms in total. The van der Waals surface area contributed by atoms with Gasteiger partial charge in [-0.05, 0) is 49.1 Å². The summed E-state index contributed by atoms with van der Waals surface area (Å²) >= 11 is 0. The van der Waals surface area contributed by atoms with Crippen LogP contribution in [0.4, 0.5) is 43.4 Å². The summed E-state index contributed by atoms with van der Waals surface area (Å²) in [7, 11) is 0. The Bertz CT molecular complexity index is 871. The lowest BCUT2D eigenvalue weighted by Gasteiger charge is -2.14.